The molecule has 0 aliphatic carbocycles. The van der Waals surface area contributed by atoms with Gasteiger partial charge >= 0.3 is 0 Å². The molecule has 0 aromatic carbocycles. The SMILES string of the molecule is NCCNC(=O)CC1CCCO1. The summed E-state index contributed by atoms with van der Waals surface area (Å²) in [6, 6.07) is 0. The zero-order valence-corrected chi connectivity index (χ0v) is 7.21. The van der Waals surface area contributed by atoms with Gasteiger partial charge in [-0.05, 0) is 12.8 Å². The van der Waals surface area contributed by atoms with Gasteiger partial charge in [-0.15, -0.1) is 0 Å². The fraction of sp³-hybridized carbons (Fsp3) is 0.875. The smallest absolute Gasteiger partial charge is 0.222 e. The molecule has 1 saturated heterocycles. The van der Waals surface area contributed by atoms with E-state index in [1.807, 2.05) is 0 Å². The summed E-state index contributed by atoms with van der Waals surface area (Å²) in [4.78, 5) is 11.1. The molecule has 0 saturated carbocycles. The van der Waals surface area contributed by atoms with Crippen LogP contribution < -0.4 is 11.1 Å². The molecule has 0 aromatic heterocycles. The third-order valence-corrected chi connectivity index (χ3v) is 1.90. The van der Waals surface area contributed by atoms with Crippen LogP contribution in [0.1, 0.15) is 19.3 Å². The van der Waals surface area contributed by atoms with Gasteiger partial charge in [0.05, 0.1) is 12.5 Å². The summed E-state index contributed by atoms with van der Waals surface area (Å²) in [5.41, 5.74) is 5.24. The molecule has 4 heteroatoms. The van der Waals surface area contributed by atoms with Gasteiger partial charge in [0.25, 0.3) is 0 Å². The molecule has 1 aliphatic heterocycles. The second-order valence-electron chi connectivity index (χ2n) is 2.98. The van der Waals surface area contributed by atoms with Gasteiger partial charge in [-0.2, -0.15) is 0 Å². The lowest BCUT2D eigenvalue weighted by molar-refractivity contribution is -0.123. The molecular formula is C8H16N2O2. The first-order valence-corrected chi connectivity index (χ1v) is 4.41. The van der Waals surface area contributed by atoms with Crippen LogP contribution in [0.2, 0.25) is 0 Å². The van der Waals surface area contributed by atoms with Crippen molar-refractivity contribution in [1.29, 1.82) is 0 Å². The summed E-state index contributed by atoms with van der Waals surface area (Å²) in [5.74, 6) is 0.0485. The maximum atomic E-state index is 11.1. The molecule has 1 atom stereocenters. The van der Waals surface area contributed by atoms with Crippen molar-refractivity contribution in [2.75, 3.05) is 19.7 Å². The van der Waals surface area contributed by atoms with E-state index in [4.69, 9.17) is 10.5 Å². The normalized spacial score (nSPS) is 22.6. The average molecular weight is 172 g/mol. The standard InChI is InChI=1S/C8H16N2O2/c9-3-4-10-8(11)6-7-2-1-5-12-7/h7H,1-6,9H2,(H,10,11). The molecule has 0 spiro atoms. The van der Waals surface area contributed by atoms with E-state index >= 15 is 0 Å². The molecule has 70 valence electrons. The second-order valence-corrected chi connectivity index (χ2v) is 2.98. The molecule has 0 aromatic rings. The zero-order valence-electron chi connectivity index (χ0n) is 7.21. The Morgan fingerprint density at radius 1 is 1.67 bits per heavy atom. The van der Waals surface area contributed by atoms with E-state index in [2.05, 4.69) is 5.32 Å². The van der Waals surface area contributed by atoms with Crippen LogP contribution in [-0.2, 0) is 9.53 Å². The van der Waals surface area contributed by atoms with Crippen LogP contribution in [0.15, 0.2) is 0 Å². The number of carbonyl (C=O) groups is 1. The molecule has 4 nitrogen and oxygen atoms in total. The van der Waals surface area contributed by atoms with Crippen molar-refractivity contribution in [3.05, 3.63) is 0 Å². The molecule has 12 heavy (non-hydrogen) atoms. The van der Waals surface area contributed by atoms with Crippen LogP contribution in [-0.4, -0.2) is 31.7 Å². The topological polar surface area (TPSA) is 64.3 Å². The van der Waals surface area contributed by atoms with Gasteiger partial charge in [0.15, 0.2) is 0 Å². The number of amides is 1. The Bertz CT molecular complexity index is 144. The van der Waals surface area contributed by atoms with Crippen LogP contribution in [0.5, 0.6) is 0 Å². The second kappa shape index (κ2) is 5.11. The minimum atomic E-state index is 0.0485. The van der Waals surface area contributed by atoms with Crippen molar-refractivity contribution in [2.24, 2.45) is 5.73 Å². The first-order chi connectivity index (χ1) is 5.83. The largest absolute Gasteiger partial charge is 0.378 e. The molecular weight excluding hydrogens is 156 g/mol. The zero-order chi connectivity index (χ0) is 8.81. The molecule has 1 fully saturated rings. The van der Waals surface area contributed by atoms with Crippen LogP contribution in [0.4, 0.5) is 0 Å². The Morgan fingerprint density at radius 3 is 3.08 bits per heavy atom. The van der Waals surface area contributed by atoms with Gasteiger partial charge in [-0.25, -0.2) is 0 Å². The quantitative estimate of drug-likeness (QED) is 0.608. The molecule has 3 N–H and O–H groups in total. The molecule has 0 radical (unpaired) electrons. The lowest BCUT2D eigenvalue weighted by atomic mass is 10.2. The Morgan fingerprint density at radius 2 is 2.50 bits per heavy atom. The Balaban J connectivity index is 2.08. The maximum absolute atomic E-state index is 11.1. The van der Waals surface area contributed by atoms with E-state index in [-0.39, 0.29) is 12.0 Å². The maximum Gasteiger partial charge on any atom is 0.222 e. The molecule has 1 aliphatic rings. The Kier molecular flexibility index (Phi) is 4.04. The van der Waals surface area contributed by atoms with Gasteiger partial charge in [0.2, 0.25) is 5.91 Å². The molecule has 1 heterocycles. The lowest BCUT2D eigenvalue weighted by Gasteiger charge is -2.08. The number of nitrogens with one attached hydrogen (secondary N) is 1. The first-order valence-electron chi connectivity index (χ1n) is 4.41. The lowest BCUT2D eigenvalue weighted by Crippen LogP contribution is -2.31. The van der Waals surface area contributed by atoms with Crippen molar-refractivity contribution in [1.82, 2.24) is 5.32 Å². The van der Waals surface area contributed by atoms with Crippen molar-refractivity contribution < 1.29 is 9.53 Å². The van der Waals surface area contributed by atoms with Gasteiger partial charge in [-0.1, -0.05) is 0 Å². The minimum Gasteiger partial charge on any atom is -0.378 e. The van der Waals surface area contributed by atoms with Crippen molar-refractivity contribution >= 4 is 5.91 Å². The van der Waals surface area contributed by atoms with E-state index in [0.717, 1.165) is 19.4 Å². The van der Waals surface area contributed by atoms with Gasteiger partial charge < -0.3 is 15.8 Å². The fourth-order valence-corrected chi connectivity index (χ4v) is 1.30. The predicted molar refractivity (Wildman–Crippen MR) is 45.7 cm³/mol. The van der Waals surface area contributed by atoms with E-state index < -0.39 is 0 Å². The van der Waals surface area contributed by atoms with Crippen molar-refractivity contribution in [2.45, 2.75) is 25.4 Å². The number of carbonyl (C=O) groups excluding carboxylic acids is 1. The summed E-state index contributed by atoms with van der Waals surface area (Å²) < 4.78 is 5.31. The van der Waals surface area contributed by atoms with Crippen LogP contribution in [0.3, 0.4) is 0 Å². The van der Waals surface area contributed by atoms with E-state index in [1.165, 1.54) is 0 Å². The van der Waals surface area contributed by atoms with Crippen molar-refractivity contribution in [3.8, 4) is 0 Å². The van der Waals surface area contributed by atoms with Crippen LogP contribution in [0.25, 0.3) is 0 Å². The fourth-order valence-electron chi connectivity index (χ4n) is 1.30. The number of nitrogens with two attached hydrogens (primary N) is 1. The van der Waals surface area contributed by atoms with E-state index in [1.54, 1.807) is 0 Å². The average Bonchev–Trinajstić information content (AvgIpc) is 2.53. The Labute approximate surface area is 72.5 Å². The number of ether oxygens (including phenoxy) is 1. The highest BCUT2D eigenvalue weighted by Crippen LogP contribution is 2.14. The third-order valence-electron chi connectivity index (χ3n) is 1.90. The molecule has 0 bridgehead atoms. The summed E-state index contributed by atoms with van der Waals surface area (Å²) in [6.07, 6.45) is 2.72. The molecule has 1 unspecified atom stereocenters. The number of rotatable bonds is 4. The summed E-state index contributed by atoms with van der Waals surface area (Å²) in [6.45, 7) is 1.86. The van der Waals surface area contributed by atoms with Crippen LogP contribution in [0, 0.1) is 0 Å². The monoisotopic (exact) mass is 172 g/mol. The first kappa shape index (κ1) is 9.48. The minimum absolute atomic E-state index is 0.0485. The highest BCUT2D eigenvalue weighted by molar-refractivity contribution is 5.76. The molecule has 1 amide bonds. The molecule has 1 rings (SSSR count). The van der Waals surface area contributed by atoms with Crippen molar-refractivity contribution in [3.63, 3.8) is 0 Å². The third kappa shape index (κ3) is 3.19. The summed E-state index contributed by atoms with van der Waals surface area (Å²) in [7, 11) is 0. The Hall–Kier alpha value is -0.610. The van der Waals surface area contributed by atoms with Crippen LogP contribution >= 0.6 is 0 Å². The summed E-state index contributed by atoms with van der Waals surface area (Å²) >= 11 is 0. The number of hydrogen-bond acceptors (Lipinski definition) is 3. The predicted octanol–water partition coefficient (Wildman–Crippen LogP) is -0.370. The van der Waals surface area contributed by atoms with Gasteiger partial charge in [-0.3, -0.25) is 4.79 Å². The van der Waals surface area contributed by atoms with E-state index in [9.17, 15) is 4.79 Å². The highest BCUT2D eigenvalue weighted by Gasteiger charge is 2.18. The summed E-state index contributed by atoms with van der Waals surface area (Å²) in [5, 5.41) is 2.72. The van der Waals surface area contributed by atoms with Gasteiger partial charge in [0.1, 0.15) is 0 Å². The highest BCUT2D eigenvalue weighted by atomic mass is 16.5. The van der Waals surface area contributed by atoms with Gasteiger partial charge in [0, 0.05) is 19.7 Å². The number of hydrogen-bond donors (Lipinski definition) is 2. The van der Waals surface area contributed by atoms with E-state index in [0.29, 0.717) is 19.5 Å².